The normalized spacial score (nSPS) is 16.1. The number of amides is 2. The average molecular weight is 408 g/mol. The van der Waals surface area contributed by atoms with Crippen LogP contribution in [0.1, 0.15) is 5.56 Å². The fraction of sp³-hybridized carbons (Fsp3) is 0.400. The summed E-state index contributed by atoms with van der Waals surface area (Å²) >= 11 is 0. The standard InChI is InChI=1S/C20H24N8O2/c1-26-24-14-11-16(18(30-2)12-15(14)25-26)23-20(29)28-8-4-13-17(3-5-22-19(13)28)27-9-6-21-7-10-27/h3,5,11-12,21H,4,6-10H2,1-2H3,(H,23,29). The molecule has 10 heteroatoms. The van der Waals surface area contributed by atoms with Crippen LogP contribution in [0.15, 0.2) is 24.4 Å². The van der Waals surface area contributed by atoms with Crippen molar-refractivity contribution < 1.29 is 9.53 Å². The van der Waals surface area contributed by atoms with Crippen LogP contribution in [0, 0.1) is 0 Å². The molecule has 156 valence electrons. The Labute approximate surface area is 173 Å². The lowest BCUT2D eigenvalue weighted by Crippen LogP contribution is -2.43. The molecule has 0 bridgehead atoms. The largest absolute Gasteiger partial charge is 0.494 e. The van der Waals surface area contributed by atoms with Gasteiger partial charge in [0.1, 0.15) is 22.6 Å². The number of urea groups is 1. The van der Waals surface area contributed by atoms with E-state index in [1.807, 2.05) is 0 Å². The number of piperazine rings is 1. The first-order chi connectivity index (χ1) is 14.6. The topological polar surface area (TPSA) is 100 Å². The molecule has 5 rings (SSSR count). The molecule has 0 spiro atoms. The summed E-state index contributed by atoms with van der Waals surface area (Å²) < 4.78 is 5.46. The summed E-state index contributed by atoms with van der Waals surface area (Å²) in [5.41, 5.74) is 4.26. The van der Waals surface area contributed by atoms with E-state index in [-0.39, 0.29) is 6.03 Å². The Kier molecular flexibility index (Phi) is 4.62. The molecule has 0 unspecified atom stereocenters. The highest BCUT2D eigenvalue weighted by Crippen LogP contribution is 2.35. The average Bonchev–Trinajstić information content (AvgIpc) is 3.35. The Hall–Kier alpha value is -3.40. The minimum absolute atomic E-state index is 0.236. The second kappa shape index (κ2) is 7.45. The number of hydrogen-bond acceptors (Lipinski definition) is 7. The summed E-state index contributed by atoms with van der Waals surface area (Å²) in [4.78, 5) is 23.2. The van der Waals surface area contributed by atoms with E-state index in [0.29, 0.717) is 29.0 Å². The maximum absolute atomic E-state index is 13.1. The number of carbonyl (C=O) groups is 1. The quantitative estimate of drug-likeness (QED) is 0.675. The first-order valence-corrected chi connectivity index (χ1v) is 10.0. The van der Waals surface area contributed by atoms with Gasteiger partial charge < -0.3 is 20.3 Å². The van der Waals surface area contributed by atoms with Crippen molar-refractivity contribution in [3.05, 3.63) is 30.0 Å². The molecule has 1 aromatic carbocycles. The van der Waals surface area contributed by atoms with Gasteiger partial charge in [-0.15, -0.1) is 0 Å². The SMILES string of the molecule is COc1cc2nn(C)nc2cc1NC(=O)N1CCc2c(N3CCNCC3)ccnc21. The summed E-state index contributed by atoms with van der Waals surface area (Å²) in [5, 5.41) is 14.9. The van der Waals surface area contributed by atoms with Gasteiger partial charge in [-0.2, -0.15) is 15.0 Å². The third-order valence-electron chi connectivity index (χ3n) is 5.60. The number of nitrogens with zero attached hydrogens (tertiary/aromatic N) is 6. The molecule has 0 atom stereocenters. The van der Waals surface area contributed by atoms with Crippen LogP contribution in [0.4, 0.5) is 22.0 Å². The Balaban J connectivity index is 1.42. The number of rotatable bonds is 3. The Morgan fingerprint density at radius 3 is 2.70 bits per heavy atom. The molecule has 0 aliphatic carbocycles. The van der Waals surface area contributed by atoms with E-state index in [2.05, 4.69) is 36.8 Å². The van der Waals surface area contributed by atoms with E-state index in [0.717, 1.165) is 44.0 Å². The highest BCUT2D eigenvalue weighted by atomic mass is 16.5. The molecule has 2 amide bonds. The van der Waals surface area contributed by atoms with Crippen LogP contribution in [0.2, 0.25) is 0 Å². The number of anilines is 3. The second-order valence-electron chi connectivity index (χ2n) is 7.43. The maximum Gasteiger partial charge on any atom is 0.327 e. The monoisotopic (exact) mass is 408 g/mol. The summed E-state index contributed by atoms with van der Waals surface area (Å²) in [6.45, 7) is 4.43. The van der Waals surface area contributed by atoms with Gasteiger partial charge in [-0.1, -0.05) is 0 Å². The zero-order valence-electron chi connectivity index (χ0n) is 17.1. The maximum atomic E-state index is 13.1. The van der Waals surface area contributed by atoms with Crippen LogP contribution in [0.5, 0.6) is 5.75 Å². The molecule has 1 fully saturated rings. The number of carbonyl (C=O) groups excluding carboxylic acids is 1. The highest BCUT2D eigenvalue weighted by molar-refractivity contribution is 6.04. The molecule has 0 saturated carbocycles. The fourth-order valence-electron chi connectivity index (χ4n) is 4.17. The van der Waals surface area contributed by atoms with Gasteiger partial charge in [-0.3, -0.25) is 4.90 Å². The van der Waals surface area contributed by atoms with Gasteiger partial charge in [0.15, 0.2) is 0 Å². The van der Waals surface area contributed by atoms with Crippen molar-refractivity contribution in [3.63, 3.8) is 0 Å². The Morgan fingerprint density at radius 2 is 1.93 bits per heavy atom. The molecule has 2 aliphatic heterocycles. The van der Waals surface area contributed by atoms with Gasteiger partial charge in [-0.05, 0) is 18.6 Å². The van der Waals surface area contributed by atoms with Crippen molar-refractivity contribution >= 4 is 34.3 Å². The number of ether oxygens (including phenoxy) is 1. The van der Waals surface area contributed by atoms with Crippen molar-refractivity contribution in [1.29, 1.82) is 0 Å². The number of nitrogens with one attached hydrogen (secondary N) is 2. The molecule has 0 radical (unpaired) electrons. The molecule has 2 aromatic heterocycles. The van der Waals surface area contributed by atoms with Gasteiger partial charge >= 0.3 is 6.03 Å². The second-order valence-corrected chi connectivity index (χ2v) is 7.43. The van der Waals surface area contributed by atoms with Crippen LogP contribution in [0.25, 0.3) is 11.0 Å². The van der Waals surface area contributed by atoms with Gasteiger partial charge in [0.25, 0.3) is 0 Å². The number of aromatic nitrogens is 4. The number of benzene rings is 1. The third kappa shape index (κ3) is 3.18. The molecule has 10 nitrogen and oxygen atoms in total. The predicted molar refractivity (Wildman–Crippen MR) is 114 cm³/mol. The van der Waals surface area contributed by atoms with E-state index in [1.54, 1.807) is 37.4 Å². The molecule has 2 N–H and O–H groups in total. The summed E-state index contributed by atoms with van der Waals surface area (Å²) in [6, 6.07) is 5.37. The number of hydrogen-bond donors (Lipinski definition) is 2. The minimum Gasteiger partial charge on any atom is -0.494 e. The number of methoxy groups -OCH3 is 1. The van der Waals surface area contributed by atoms with Gasteiger partial charge in [0.05, 0.1) is 12.8 Å². The first-order valence-electron chi connectivity index (χ1n) is 10.0. The molecule has 1 saturated heterocycles. The molecule has 4 heterocycles. The predicted octanol–water partition coefficient (Wildman–Crippen LogP) is 1.38. The summed E-state index contributed by atoms with van der Waals surface area (Å²) in [6.07, 6.45) is 2.57. The van der Waals surface area contributed by atoms with E-state index in [9.17, 15) is 4.79 Å². The van der Waals surface area contributed by atoms with Gasteiger partial charge in [-0.25, -0.2) is 9.78 Å². The van der Waals surface area contributed by atoms with Crippen molar-refractivity contribution in [2.45, 2.75) is 6.42 Å². The van der Waals surface area contributed by atoms with E-state index in [1.165, 1.54) is 10.5 Å². The Morgan fingerprint density at radius 1 is 1.17 bits per heavy atom. The number of aryl methyl sites for hydroxylation is 1. The van der Waals surface area contributed by atoms with Crippen LogP contribution < -0.4 is 25.2 Å². The smallest absolute Gasteiger partial charge is 0.327 e. The third-order valence-corrected chi connectivity index (χ3v) is 5.60. The van der Waals surface area contributed by atoms with Crippen LogP contribution in [-0.4, -0.2) is 65.8 Å². The Bertz CT molecular complexity index is 1110. The molecular weight excluding hydrogens is 384 g/mol. The highest BCUT2D eigenvalue weighted by Gasteiger charge is 2.30. The van der Waals surface area contributed by atoms with Crippen LogP contribution in [-0.2, 0) is 13.5 Å². The fourth-order valence-corrected chi connectivity index (χ4v) is 4.17. The van der Waals surface area contributed by atoms with Crippen LogP contribution >= 0.6 is 0 Å². The lowest BCUT2D eigenvalue weighted by Gasteiger charge is -2.31. The lowest BCUT2D eigenvalue weighted by atomic mass is 10.1. The van der Waals surface area contributed by atoms with Crippen molar-refractivity contribution in [1.82, 2.24) is 25.3 Å². The number of fused-ring (bicyclic) bond motifs is 2. The number of pyridine rings is 1. The molecular formula is C20H24N8O2. The first kappa shape index (κ1) is 18.6. The van der Waals surface area contributed by atoms with Crippen molar-refractivity contribution in [3.8, 4) is 5.75 Å². The van der Waals surface area contributed by atoms with Gasteiger partial charge in [0, 0.05) is 63.3 Å². The zero-order valence-corrected chi connectivity index (χ0v) is 17.1. The van der Waals surface area contributed by atoms with Crippen molar-refractivity contribution in [2.24, 2.45) is 7.05 Å². The van der Waals surface area contributed by atoms with Crippen LogP contribution in [0.3, 0.4) is 0 Å². The summed E-state index contributed by atoms with van der Waals surface area (Å²) in [5.74, 6) is 1.27. The van der Waals surface area contributed by atoms with E-state index >= 15 is 0 Å². The van der Waals surface area contributed by atoms with Gasteiger partial charge in [0.2, 0.25) is 0 Å². The summed E-state index contributed by atoms with van der Waals surface area (Å²) in [7, 11) is 3.33. The molecule has 2 aliphatic rings. The molecule has 3 aromatic rings. The minimum atomic E-state index is -0.236. The molecule has 30 heavy (non-hydrogen) atoms. The zero-order chi connectivity index (χ0) is 20.7. The lowest BCUT2D eigenvalue weighted by molar-refractivity contribution is 0.257. The van der Waals surface area contributed by atoms with Crippen molar-refractivity contribution in [2.75, 3.05) is 55.0 Å². The van der Waals surface area contributed by atoms with E-state index in [4.69, 9.17) is 4.74 Å². The van der Waals surface area contributed by atoms with E-state index < -0.39 is 0 Å².